The molecule has 1 rings (SSSR count). The molecule has 17 heavy (non-hydrogen) atoms. The van der Waals surface area contributed by atoms with Gasteiger partial charge in [-0.1, -0.05) is 13.8 Å². The Kier molecular flexibility index (Phi) is 3.89. The van der Waals surface area contributed by atoms with E-state index in [1.54, 1.807) is 13.8 Å². The number of hydrogen-bond acceptors (Lipinski definition) is 4. The van der Waals surface area contributed by atoms with E-state index in [1.807, 2.05) is 0 Å². The van der Waals surface area contributed by atoms with Crippen LogP contribution in [0, 0.1) is 6.92 Å². The molecule has 92 valence electrons. The summed E-state index contributed by atoms with van der Waals surface area (Å²) < 4.78 is 0. The van der Waals surface area contributed by atoms with Gasteiger partial charge >= 0.3 is 0 Å². The van der Waals surface area contributed by atoms with Crippen LogP contribution < -0.4 is 0 Å². The summed E-state index contributed by atoms with van der Waals surface area (Å²) in [5, 5.41) is 19.5. The second kappa shape index (κ2) is 4.99. The number of Topliss-reactive ketones (excluding diaryl/α,β-unsaturated/α-hetero) is 2. The zero-order chi connectivity index (χ0) is 13.2. The second-order valence-electron chi connectivity index (χ2n) is 3.85. The van der Waals surface area contributed by atoms with Gasteiger partial charge in [-0.15, -0.1) is 0 Å². The van der Waals surface area contributed by atoms with Crippen LogP contribution in [0.5, 0.6) is 11.5 Å². The normalized spacial score (nSPS) is 10.3. The van der Waals surface area contributed by atoms with Gasteiger partial charge in [0.05, 0.1) is 11.1 Å². The number of phenolic OH excluding ortho intramolecular Hbond substituents is 2. The van der Waals surface area contributed by atoms with E-state index < -0.39 is 0 Å². The summed E-state index contributed by atoms with van der Waals surface area (Å²) in [6.07, 6.45) is 0.467. The molecule has 0 amide bonds. The Morgan fingerprint density at radius 2 is 1.35 bits per heavy atom. The molecule has 0 aromatic heterocycles. The van der Waals surface area contributed by atoms with Crippen LogP contribution in [0.15, 0.2) is 6.07 Å². The predicted molar refractivity (Wildman–Crippen MR) is 63.8 cm³/mol. The van der Waals surface area contributed by atoms with Crippen LogP contribution in [-0.2, 0) is 0 Å². The highest BCUT2D eigenvalue weighted by Gasteiger charge is 2.20. The molecule has 0 saturated heterocycles. The topological polar surface area (TPSA) is 74.6 Å². The van der Waals surface area contributed by atoms with Gasteiger partial charge in [0.2, 0.25) is 0 Å². The highest BCUT2D eigenvalue weighted by Crippen LogP contribution is 2.34. The summed E-state index contributed by atoms with van der Waals surface area (Å²) in [5.74, 6) is -1.00. The molecule has 0 radical (unpaired) electrons. The zero-order valence-corrected chi connectivity index (χ0v) is 10.2. The average molecular weight is 236 g/mol. The summed E-state index contributed by atoms with van der Waals surface area (Å²) in [6.45, 7) is 4.82. The van der Waals surface area contributed by atoms with Crippen molar-refractivity contribution < 1.29 is 19.8 Å². The van der Waals surface area contributed by atoms with E-state index in [0.717, 1.165) is 0 Å². The largest absolute Gasteiger partial charge is 0.507 e. The summed E-state index contributed by atoms with van der Waals surface area (Å²) in [4.78, 5) is 23.2. The van der Waals surface area contributed by atoms with Gasteiger partial charge in [-0.25, -0.2) is 0 Å². The van der Waals surface area contributed by atoms with E-state index in [9.17, 15) is 19.8 Å². The molecule has 1 aromatic rings. The predicted octanol–water partition coefficient (Wildman–Crippen LogP) is 2.59. The average Bonchev–Trinajstić information content (AvgIpc) is 2.34. The molecular weight excluding hydrogens is 220 g/mol. The monoisotopic (exact) mass is 236 g/mol. The first-order valence-electron chi connectivity index (χ1n) is 5.55. The Bertz CT molecular complexity index is 435. The van der Waals surface area contributed by atoms with Gasteiger partial charge in [-0.05, 0) is 13.0 Å². The van der Waals surface area contributed by atoms with Crippen molar-refractivity contribution in [2.75, 3.05) is 0 Å². The van der Waals surface area contributed by atoms with Gasteiger partial charge < -0.3 is 10.2 Å². The van der Waals surface area contributed by atoms with Crippen molar-refractivity contribution in [1.29, 1.82) is 0 Å². The molecule has 0 aliphatic heterocycles. The van der Waals surface area contributed by atoms with Crippen LogP contribution >= 0.6 is 0 Å². The van der Waals surface area contributed by atoms with Crippen LogP contribution in [0.4, 0.5) is 0 Å². The van der Waals surface area contributed by atoms with E-state index in [-0.39, 0.29) is 52.6 Å². The fraction of sp³-hybridized carbons (Fsp3) is 0.385. The molecule has 0 unspecified atom stereocenters. The van der Waals surface area contributed by atoms with E-state index in [1.165, 1.54) is 13.0 Å². The highest BCUT2D eigenvalue weighted by molar-refractivity contribution is 6.05. The standard InChI is InChI=1S/C13H16O4/c1-4-10(14)8-6-9(11(15)5-2)13(17)7(3)12(8)16/h6,16-17H,4-5H2,1-3H3. The molecule has 0 aliphatic rings. The third kappa shape index (κ3) is 2.30. The maximum Gasteiger partial charge on any atom is 0.166 e. The minimum atomic E-state index is -0.254. The van der Waals surface area contributed by atoms with E-state index in [0.29, 0.717) is 0 Å². The summed E-state index contributed by atoms with van der Waals surface area (Å²) in [7, 11) is 0. The smallest absolute Gasteiger partial charge is 0.166 e. The van der Waals surface area contributed by atoms with Crippen LogP contribution in [0.2, 0.25) is 0 Å². The lowest BCUT2D eigenvalue weighted by Gasteiger charge is -2.11. The van der Waals surface area contributed by atoms with E-state index in [2.05, 4.69) is 0 Å². The Balaban J connectivity index is 3.49. The first-order chi connectivity index (χ1) is 7.93. The second-order valence-corrected chi connectivity index (χ2v) is 3.85. The van der Waals surface area contributed by atoms with Gasteiger partial charge in [0, 0.05) is 18.4 Å². The maximum atomic E-state index is 11.6. The molecule has 1 aromatic carbocycles. The van der Waals surface area contributed by atoms with Crippen molar-refractivity contribution in [3.63, 3.8) is 0 Å². The minimum Gasteiger partial charge on any atom is -0.507 e. The van der Waals surface area contributed by atoms with Gasteiger partial charge in [-0.2, -0.15) is 0 Å². The van der Waals surface area contributed by atoms with Gasteiger partial charge in [0.25, 0.3) is 0 Å². The molecular formula is C13H16O4. The number of carbonyl (C=O) groups is 2. The lowest BCUT2D eigenvalue weighted by Crippen LogP contribution is -2.05. The first-order valence-corrected chi connectivity index (χ1v) is 5.55. The molecule has 4 nitrogen and oxygen atoms in total. The Morgan fingerprint density at radius 3 is 1.65 bits per heavy atom. The number of carbonyl (C=O) groups excluding carboxylic acids is 2. The van der Waals surface area contributed by atoms with Crippen LogP contribution in [0.1, 0.15) is 53.0 Å². The molecule has 0 fully saturated rings. The Morgan fingerprint density at radius 1 is 1.00 bits per heavy atom. The van der Waals surface area contributed by atoms with Crippen molar-refractivity contribution in [2.24, 2.45) is 0 Å². The zero-order valence-electron chi connectivity index (χ0n) is 10.2. The number of phenols is 2. The molecule has 0 aliphatic carbocycles. The van der Waals surface area contributed by atoms with E-state index in [4.69, 9.17) is 0 Å². The molecule has 0 heterocycles. The van der Waals surface area contributed by atoms with Crippen molar-refractivity contribution in [3.05, 3.63) is 22.8 Å². The third-order valence-corrected chi connectivity index (χ3v) is 2.75. The van der Waals surface area contributed by atoms with Crippen LogP contribution in [0.25, 0.3) is 0 Å². The Labute approximate surface area is 99.9 Å². The molecule has 4 heteroatoms. The van der Waals surface area contributed by atoms with Crippen molar-refractivity contribution in [3.8, 4) is 11.5 Å². The van der Waals surface area contributed by atoms with Crippen LogP contribution in [0.3, 0.4) is 0 Å². The molecule has 0 atom stereocenters. The molecule has 2 N–H and O–H groups in total. The quantitative estimate of drug-likeness (QED) is 0.788. The number of hydrogen-bond donors (Lipinski definition) is 2. The fourth-order valence-electron chi connectivity index (χ4n) is 1.60. The maximum absolute atomic E-state index is 11.6. The minimum absolute atomic E-state index is 0.0969. The lowest BCUT2D eigenvalue weighted by molar-refractivity contribution is 0.0985. The Hall–Kier alpha value is -1.84. The summed E-state index contributed by atoms with van der Waals surface area (Å²) in [5.41, 5.74) is 0.361. The fourth-order valence-corrected chi connectivity index (χ4v) is 1.60. The van der Waals surface area contributed by atoms with E-state index >= 15 is 0 Å². The van der Waals surface area contributed by atoms with Crippen molar-refractivity contribution in [2.45, 2.75) is 33.6 Å². The number of ketones is 2. The number of rotatable bonds is 4. The SMILES string of the molecule is CCC(=O)c1cc(C(=O)CC)c(O)c(C)c1O. The molecule has 0 saturated carbocycles. The van der Waals surface area contributed by atoms with Crippen LogP contribution in [-0.4, -0.2) is 21.8 Å². The summed E-state index contributed by atoms with van der Waals surface area (Å²) in [6, 6.07) is 1.27. The van der Waals surface area contributed by atoms with Gasteiger partial charge in [-0.3, -0.25) is 9.59 Å². The molecule has 0 spiro atoms. The van der Waals surface area contributed by atoms with Gasteiger partial charge in [0.15, 0.2) is 11.6 Å². The highest BCUT2D eigenvalue weighted by atomic mass is 16.3. The number of benzene rings is 1. The van der Waals surface area contributed by atoms with Gasteiger partial charge in [0.1, 0.15) is 11.5 Å². The molecule has 0 bridgehead atoms. The third-order valence-electron chi connectivity index (χ3n) is 2.75. The van der Waals surface area contributed by atoms with Crippen molar-refractivity contribution in [1.82, 2.24) is 0 Å². The first kappa shape index (κ1) is 13.2. The number of aromatic hydroxyl groups is 2. The van der Waals surface area contributed by atoms with Crippen molar-refractivity contribution >= 4 is 11.6 Å². The lowest BCUT2D eigenvalue weighted by atomic mass is 9.96. The summed E-state index contributed by atoms with van der Waals surface area (Å²) >= 11 is 0.